The van der Waals surface area contributed by atoms with Crippen LogP contribution in [0.1, 0.15) is 55.5 Å². The van der Waals surface area contributed by atoms with Crippen molar-refractivity contribution in [1.29, 1.82) is 5.26 Å². The predicted octanol–water partition coefficient (Wildman–Crippen LogP) is 17.6. The van der Waals surface area contributed by atoms with E-state index in [-0.39, 0.29) is 10.8 Å². The zero-order chi connectivity index (χ0) is 46.3. The third-order valence-corrected chi connectivity index (χ3v) is 14.7. The van der Waals surface area contributed by atoms with E-state index < -0.39 is 0 Å². The molecular formula is C64H46N4. The maximum atomic E-state index is 9.86. The van der Waals surface area contributed by atoms with Gasteiger partial charge in [-0.2, -0.15) is 5.26 Å². The van der Waals surface area contributed by atoms with Crippen molar-refractivity contribution >= 4 is 61.4 Å². The van der Waals surface area contributed by atoms with Crippen LogP contribution in [0.5, 0.6) is 0 Å². The molecule has 0 aromatic heterocycles. The molecule has 0 aliphatic heterocycles. The Morgan fingerprint density at radius 3 is 1.31 bits per heavy atom. The van der Waals surface area contributed by atoms with Gasteiger partial charge >= 0.3 is 0 Å². The topological polar surface area (TPSA) is 34.6 Å². The lowest BCUT2D eigenvalue weighted by atomic mass is 9.82. The molecule has 4 nitrogen and oxygen atoms in total. The van der Waals surface area contributed by atoms with Crippen LogP contribution in [0, 0.1) is 17.9 Å². The van der Waals surface area contributed by atoms with E-state index in [1.165, 1.54) is 50.1 Å². The monoisotopic (exact) mass is 870 g/mol. The summed E-state index contributed by atoms with van der Waals surface area (Å²) in [7, 11) is 0. The summed E-state index contributed by atoms with van der Waals surface area (Å²) in [4.78, 5) is 8.40. The summed E-state index contributed by atoms with van der Waals surface area (Å²) in [6.45, 7) is 17.0. The maximum Gasteiger partial charge on any atom is 0.187 e. The van der Waals surface area contributed by atoms with Crippen LogP contribution in [0.3, 0.4) is 0 Å². The molecule has 0 saturated carbocycles. The molecule has 0 spiro atoms. The predicted molar refractivity (Wildman–Crippen MR) is 282 cm³/mol. The Morgan fingerprint density at radius 1 is 0.412 bits per heavy atom. The number of benzene rings is 10. The van der Waals surface area contributed by atoms with Crippen LogP contribution in [-0.2, 0) is 10.8 Å². The molecule has 0 unspecified atom stereocenters. The van der Waals surface area contributed by atoms with Gasteiger partial charge in [-0.3, -0.25) is 0 Å². The number of hydrogen-bond acceptors (Lipinski definition) is 3. The molecule has 0 N–H and O–H groups in total. The number of nitriles is 1. The van der Waals surface area contributed by atoms with Gasteiger partial charge in [-0.1, -0.05) is 161 Å². The molecule has 2 aliphatic carbocycles. The lowest BCUT2D eigenvalue weighted by Gasteiger charge is -2.31. The van der Waals surface area contributed by atoms with Gasteiger partial charge in [-0.05, 0) is 139 Å². The lowest BCUT2D eigenvalue weighted by molar-refractivity contribution is 0.660. The van der Waals surface area contributed by atoms with Crippen molar-refractivity contribution in [2.24, 2.45) is 0 Å². The van der Waals surface area contributed by atoms with E-state index in [9.17, 15) is 5.26 Å². The molecule has 322 valence electrons. The van der Waals surface area contributed by atoms with Crippen LogP contribution in [0.15, 0.2) is 206 Å². The van der Waals surface area contributed by atoms with E-state index in [2.05, 4.69) is 230 Å². The molecule has 2 aliphatic rings. The van der Waals surface area contributed by atoms with E-state index >= 15 is 0 Å². The fourth-order valence-corrected chi connectivity index (χ4v) is 11.3. The summed E-state index contributed by atoms with van der Waals surface area (Å²) in [5.41, 5.74) is 19.8. The number of rotatable bonds is 7. The van der Waals surface area contributed by atoms with Gasteiger partial charge in [0.2, 0.25) is 0 Å². The van der Waals surface area contributed by atoms with Crippen LogP contribution >= 0.6 is 0 Å². The van der Waals surface area contributed by atoms with Gasteiger partial charge in [0.1, 0.15) is 0 Å². The van der Waals surface area contributed by atoms with Crippen LogP contribution in [0.2, 0.25) is 0 Å². The summed E-state index contributed by atoms with van der Waals surface area (Å²) in [6, 6.07) is 76.1. The van der Waals surface area contributed by atoms with Crippen LogP contribution in [0.4, 0.5) is 39.8 Å². The van der Waals surface area contributed by atoms with E-state index in [4.69, 9.17) is 6.57 Å². The highest BCUT2D eigenvalue weighted by Crippen LogP contribution is 2.54. The molecule has 0 amide bonds. The molecule has 10 aromatic rings. The highest BCUT2D eigenvalue weighted by molar-refractivity contribution is 6.22. The quantitative estimate of drug-likeness (QED) is 0.118. The first-order chi connectivity index (χ1) is 33.1. The first-order valence-corrected chi connectivity index (χ1v) is 23.3. The van der Waals surface area contributed by atoms with Gasteiger partial charge in [-0.25, -0.2) is 4.85 Å². The highest BCUT2D eigenvalue weighted by atomic mass is 15.2. The van der Waals surface area contributed by atoms with Crippen molar-refractivity contribution in [2.75, 3.05) is 9.80 Å². The van der Waals surface area contributed by atoms with Gasteiger partial charge in [-0.15, -0.1) is 0 Å². The first-order valence-electron chi connectivity index (χ1n) is 23.3. The fraction of sp³-hybridized carbons (Fsp3) is 0.0938. The lowest BCUT2D eigenvalue weighted by Crippen LogP contribution is -2.17. The summed E-state index contributed by atoms with van der Waals surface area (Å²) >= 11 is 0. The SMILES string of the molecule is [C-]#[N+]c1ccc(N(c2ccc(-c3c4ccccc4c(N(c4ccc(C#N)cc4)c4ccc5c(c4)C(C)(C)c4ccccc4-5)c4ccccc34)cc2)c2ccc3c(c2)C(C)(C)c2ccccc2-3)cc1. The Hall–Kier alpha value is -8.70. The molecule has 0 saturated heterocycles. The first kappa shape index (κ1) is 40.8. The molecule has 4 heteroatoms. The van der Waals surface area contributed by atoms with Crippen molar-refractivity contribution in [1.82, 2.24) is 0 Å². The number of nitrogens with zero attached hydrogens (tertiary/aromatic N) is 4. The van der Waals surface area contributed by atoms with Crippen LogP contribution in [0.25, 0.3) is 59.8 Å². The van der Waals surface area contributed by atoms with E-state index in [0.717, 1.165) is 61.2 Å². The van der Waals surface area contributed by atoms with Gasteiger partial charge in [0.15, 0.2) is 5.69 Å². The molecular weight excluding hydrogens is 825 g/mol. The maximum absolute atomic E-state index is 9.86. The highest BCUT2D eigenvalue weighted by Gasteiger charge is 2.37. The van der Waals surface area contributed by atoms with Gasteiger partial charge < -0.3 is 9.80 Å². The van der Waals surface area contributed by atoms with Gasteiger partial charge in [0.05, 0.1) is 23.9 Å². The second-order valence-electron chi connectivity index (χ2n) is 19.1. The molecule has 0 fully saturated rings. The van der Waals surface area contributed by atoms with Crippen LogP contribution in [-0.4, -0.2) is 0 Å². The Morgan fingerprint density at radius 2 is 0.809 bits per heavy atom. The number of hydrogen-bond donors (Lipinski definition) is 0. The van der Waals surface area contributed by atoms with Crippen molar-refractivity contribution in [3.63, 3.8) is 0 Å². The minimum Gasteiger partial charge on any atom is -0.311 e. The Bertz CT molecular complexity index is 3700. The summed E-state index contributed by atoms with van der Waals surface area (Å²) in [5.74, 6) is 0. The summed E-state index contributed by atoms with van der Waals surface area (Å²) in [5, 5.41) is 14.4. The second-order valence-corrected chi connectivity index (χ2v) is 19.1. The number of anilines is 6. The average Bonchev–Trinajstić information content (AvgIpc) is 3.75. The van der Waals surface area contributed by atoms with Crippen LogP contribution < -0.4 is 9.80 Å². The second kappa shape index (κ2) is 15.5. The molecule has 0 atom stereocenters. The normalized spacial score (nSPS) is 13.5. The molecule has 0 bridgehead atoms. The van der Waals surface area contributed by atoms with E-state index in [1.807, 2.05) is 24.3 Å². The Labute approximate surface area is 398 Å². The van der Waals surface area contributed by atoms with Crippen molar-refractivity contribution in [2.45, 2.75) is 38.5 Å². The number of fused-ring (bicyclic) bond motifs is 8. The molecule has 68 heavy (non-hydrogen) atoms. The minimum absolute atomic E-state index is 0.154. The third-order valence-electron chi connectivity index (χ3n) is 14.7. The zero-order valence-electron chi connectivity index (χ0n) is 38.4. The van der Waals surface area contributed by atoms with Crippen molar-refractivity contribution in [3.05, 3.63) is 245 Å². The average molecular weight is 871 g/mol. The molecule has 0 heterocycles. The Kier molecular flexibility index (Phi) is 9.27. The third kappa shape index (κ3) is 6.19. The Balaban J connectivity index is 1.03. The fourth-order valence-electron chi connectivity index (χ4n) is 11.3. The largest absolute Gasteiger partial charge is 0.311 e. The minimum atomic E-state index is -0.182. The van der Waals surface area contributed by atoms with Gasteiger partial charge in [0, 0.05) is 50.0 Å². The zero-order valence-corrected chi connectivity index (χ0v) is 38.4. The van der Waals surface area contributed by atoms with Crippen molar-refractivity contribution in [3.8, 4) is 39.4 Å². The van der Waals surface area contributed by atoms with Gasteiger partial charge in [0.25, 0.3) is 0 Å². The standard InChI is InChI=1S/C64H46N4/c1-63(2)57-20-12-10-14-49(57)51-36-34-47(38-59(51)63)67(45-32-26-43(66-5)27-33-45)44-30-24-42(25-31-44)61-53-16-6-8-18-55(53)62(56-19-9-7-17-54(56)61)68(46-28-22-41(40-65)23-29-46)48-35-37-52-50-15-11-13-21-58(50)64(3,4)60(52)39-48/h6-39H,1-4H3. The summed E-state index contributed by atoms with van der Waals surface area (Å²) in [6.07, 6.45) is 0. The van der Waals surface area contributed by atoms with E-state index in [0.29, 0.717) is 11.3 Å². The molecule has 12 rings (SSSR count). The summed E-state index contributed by atoms with van der Waals surface area (Å²) < 4.78 is 0. The van der Waals surface area contributed by atoms with E-state index in [1.54, 1.807) is 0 Å². The molecule has 0 radical (unpaired) electrons. The smallest absolute Gasteiger partial charge is 0.187 e. The molecule has 10 aromatic carbocycles. The van der Waals surface area contributed by atoms with Crippen molar-refractivity contribution < 1.29 is 0 Å².